The zero-order chi connectivity index (χ0) is 26.6. The van der Waals surface area contributed by atoms with Crippen LogP contribution in [0, 0.1) is 23.2 Å². The van der Waals surface area contributed by atoms with Gasteiger partial charge in [-0.05, 0) is 55.4 Å². The van der Waals surface area contributed by atoms with Gasteiger partial charge in [0.25, 0.3) is 0 Å². The predicted octanol–water partition coefficient (Wildman–Crippen LogP) is 2.32. The van der Waals surface area contributed by atoms with E-state index in [1.165, 1.54) is 35.7 Å². The van der Waals surface area contributed by atoms with E-state index in [0.717, 1.165) is 74.2 Å². The quantitative estimate of drug-likeness (QED) is 0.432. The smallest absolute Gasteiger partial charge is 0.227 e. The summed E-state index contributed by atoms with van der Waals surface area (Å²) >= 11 is 0. The normalized spacial score (nSPS) is 26.2. The van der Waals surface area contributed by atoms with Gasteiger partial charge < -0.3 is 25.8 Å². The van der Waals surface area contributed by atoms with Crippen LogP contribution in [0.1, 0.15) is 36.1 Å². The van der Waals surface area contributed by atoms with Crippen molar-refractivity contribution in [3.05, 3.63) is 46.9 Å². The zero-order valence-electron chi connectivity index (χ0n) is 22.5. The van der Waals surface area contributed by atoms with Crippen LogP contribution in [0.5, 0.6) is 0 Å². The summed E-state index contributed by atoms with van der Waals surface area (Å²) in [6, 6.07) is 9.10. The second-order valence-electron chi connectivity index (χ2n) is 11.8. The lowest BCUT2D eigenvalue weighted by Crippen LogP contribution is -2.53. The topological polar surface area (TPSA) is 109 Å². The number of aromatic nitrogens is 2. The molecule has 0 amide bonds. The van der Waals surface area contributed by atoms with Gasteiger partial charge in [0.2, 0.25) is 5.95 Å². The van der Waals surface area contributed by atoms with Gasteiger partial charge in [0.05, 0.1) is 34.2 Å². The highest BCUT2D eigenvalue weighted by molar-refractivity contribution is 7.85. The molecule has 1 aromatic carbocycles. The van der Waals surface area contributed by atoms with Gasteiger partial charge in [0, 0.05) is 69.5 Å². The van der Waals surface area contributed by atoms with Crippen molar-refractivity contribution in [1.82, 2.24) is 20.6 Å². The van der Waals surface area contributed by atoms with Crippen molar-refractivity contribution in [2.75, 3.05) is 60.6 Å². The number of anilines is 3. The van der Waals surface area contributed by atoms with Crippen LogP contribution >= 0.6 is 0 Å². The molecule has 4 heterocycles. The number of benzene rings is 1. The molecule has 3 fully saturated rings. The van der Waals surface area contributed by atoms with Gasteiger partial charge in [0.15, 0.2) is 0 Å². The summed E-state index contributed by atoms with van der Waals surface area (Å²) in [5, 5.41) is 19.2. The second-order valence-corrected chi connectivity index (χ2v) is 13.3. The SMILES string of the molecule is CN/C(=C\C#N)NCC1(Nc2nc(N3CC4CN(c5ccc6c(c5)CC6)CC4C3)nc3c2[S@](=O)CC3)CCC1. The molecule has 7 rings (SSSR count). The van der Waals surface area contributed by atoms with Gasteiger partial charge in [0.1, 0.15) is 16.5 Å². The molecule has 39 heavy (non-hydrogen) atoms. The van der Waals surface area contributed by atoms with E-state index in [1.54, 1.807) is 7.05 Å². The molecule has 0 radical (unpaired) electrons. The lowest BCUT2D eigenvalue weighted by atomic mass is 9.76. The molecule has 0 bridgehead atoms. The largest absolute Gasteiger partial charge is 0.374 e. The van der Waals surface area contributed by atoms with E-state index in [9.17, 15) is 4.21 Å². The number of nitrogens with one attached hydrogen (secondary N) is 3. The minimum Gasteiger partial charge on any atom is -0.374 e. The highest BCUT2D eigenvalue weighted by Crippen LogP contribution is 2.41. The number of hydrogen-bond acceptors (Lipinski definition) is 9. The summed E-state index contributed by atoms with van der Waals surface area (Å²) in [5.41, 5.74) is 5.17. The Kier molecular flexibility index (Phi) is 6.14. The van der Waals surface area contributed by atoms with Gasteiger partial charge >= 0.3 is 0 Å². The molecule has 10 heteroatoms. The van der Waals surface area contributed by atoms with Crippen LogP contribution in [0.3, 0.4) is 0 Å². The van der Waals surface area contributed by atoms with E-state index < -0.39 is 10.8 Å². The van der Waals surface area contributed by atoms with Crippen molar-refractivity contribution in [2.45, 2.75) is 49.0 Å². The van der Waals surface area contributed by atoms with Crippen molar-refractivity contribution in [3.8, 4) is 6.07 Å². The Bertz CT molecular complexity index is 1380. The number of nitriles is 1. The highest BCUT2D eigenvalue weighted by atomic mass is 32.2. The lowest BCUT2D eigenvalue weighted by Gasteiger charge is -2.43. The molecule has 2 unspecified atom stereocenters. The van der Waals surface area contributed by atoms with Gasteiger partial charge in [-0.3, -0.25) is 4.21 Å². The molecule has 5 aliphatic rings. The average Bonchev–Trinajstić information content (AvgIpc) is 3.59. The molecule has 1 saturated carbocycles. The van der Waals surface area contributed by atoms with Crippen molar-refractivity contribution >= 4 is 28.3 Å². The minimum atomic E-state index is -1.08. The van der Waals surface area contributed by atoms with E-state index in [4.69, 9.17) is 15.2 Å². The summed E-state index contributed by atoms with van der Waals surface area (Å²) in [4.78, 5) is 15.7. The van der Waals surface area contributed by atoms with Crippen LogP contribution in [0.2, 0.25) is 0 Å². The van der Waals surface area contributed by atoms with Crippen LogP contribution < -0.4 is 25.8 Å². The molecule has 2 saturated heterocycles. The minimum absolute atomic E-state index is 0.184. The predicted molar refractivity (Wildman–Crippen MR) is 153 cm³/mol. The summed E-state index contributed by atoms with van der Waals surface area (Å²) < 4.78 is 13.0. The van der Waals surface area contributed by atoms with Crippen LogP contribution in [-0.4, -0.2) is 65.2 Å². The molecule has 1 aromatic heterocycles. The first-order chi connectivity index (χ1) is 19.0. The third-order valence-corrected chi connectivity index (χ3v) is 10.9. The van der Waals surface area contributed by atoms with E-state index in [0.29, 0.717) is 30.0 Å². The first-order valence-electron chi connectivity index (χ1n) is 14.2. The van der Waals surface area contributed by atoms with E-state index in [-0.39, 0.29) is 5.54 Å². The number of fused-ring (bicyclic) bond motifs is 3. The van der Waals surface area contributed by atoms with Gasteiger partial charge in [-0.1, -0.05) is 6.07 Å². The van der Waals surface area contributed by atoms with Gasteiger partial charge in [-0.2, -0.15) is 10.2 Å². The first kappa shape index (κ1) is 24.7. The Morgan fingerprint density at radius 1 is 1.13 bits per heavy atom. The van der Waals surface area contributed by atoms with Crippen molar-refractivity contribution in [2.24, 2.45) is 11.8 Å². The highest BCUT2D eigenvalue weighted by Gasteiger charge is 2.43. The van der Waals surface area contributed by atoms with Gasteiger partial charge in [-0.15, -0.1) is 0 Å². The van der Waals surface area contributed by atoms with Gasteiger partial charge in [-0.25, -0.2) is 4.98 Å². The van der Waals surface area contributed by atoms with Crippen molar-refractivity contribution in [1.29, 1.82) is 5.26 Å². The fourth-order valence-electron chi connectivity index (χ4n) is 6.90. The molecule has 3 atom stereocenters. The van der Waals surface area contributed by atoms with Crippen LogP contribution in [0.25, 0.3) is 0 Å². The van der Waals surface area contributed by atoms with E-state index in [1.807, 2.05) is 0 Å². The summed E-state index contributed by atoms with van der Waals surface area (Å²) in [7, 11) is 0.726. The molecule has 0 spiro atoms. The number of nitrogens with zero attached hydrogens (tertiary/aromatic N) is 5. The molecular weight excluding hydrogens is 508 g/mol. The summed E-state index contributed by atoms with van der Waals surface area (Å²) in [5.74, 6) is 4.04. The Hall–Kier alpha value is -3.32. The number of allylic oxidation sites excluding steroid dienone is 1. The lowest BCUT2D eigenvalue weighted by molar-refractivity contribution is 0.270. The summed E-state index contributed by atoms with van der Waals surface area (Å²) in [6.07, 6.45) is 7.79. The third kappa shape index (κ3) is 4.41. The monoisotopic (exact) mass is 544 g/mol. The van der Waals surface area contributed by atoms with Crippen LogP contribution in [0.15, 0.2) is 35.0 Å². The number of hydrogen-bond donors (Lipinski definition) is 3. The van der Waals surface area contributed by atoms with E-state index in [2.05, 4.69) is 50.0 Å². The van der Waals surface area contributed by atoms with E-state index >= 15 is 0 Å². The average molecular weight is 545 g/mol. The molecule has 204 valence electrons. The fraction of sp³-hybridized carbons (Fsp3) is 0.552. The Morgan fingerprint density at radius 2 is 1.90 bits per heavy atom. The van der Waals surface area contributed by atoms with Crippen molar-refractivity contribution < 1.29 is 4.21 Å². The number of aryl methyl sites for hydroxylation is 3. The molecular formula is C29H36N8OS. The standard InChI is InChI=1S/C29H36N8OS/c1-31-25(7-11-30)32-18-29(9-2-10-29)35-27-26-24(8-12-39(26)38)33-28(34-27)37-16-21-14-36(15-22(21)17-37)23-6-5-19-3-4-20(19)13-23/h5-7,13,21-22,31-32H,2-4,8-10,12,14-18H2,1H3,(H,33,34,35)/b25-7+/t21?,22?,39-/m1/s1. The van der Waals surface area contributed by atoms with Crippen molar-refractivity contribution in [3.63, 3.8) is 0 Å². The first-order valence-corrected chi connectivity index (χ1v) is 15.6. The maximum absolute atomic E-state index is 13.0. The third-order valence-electron chi connectivity index (χ3n) is 9.45. The molecule has 3 aliphatic heterocycles. The summed E-state index contributed by atoms with van der Waals surface area (Å²) in [6.45, 7) is 4.75. The molecule has 9 nitrogen and oxygen atoms in total. The molecule has 3 N–H and O–H groups in total. The van der Waals surface area contributed by atoms with Crippen LogP contribution in [-0.2, 0) is 30.1 Å². The Morgan fingerprint density at radius 3 is 2.54 bits per heavy atom. The Labute approximate surface area is 232 Å². The Balaban J connectivity index is 1.08. The molecule has 2 aliphatic carbocycles. The number of rotatable bonds is 8. The fourth-order valence-corrected chi connectivity index (χ4v) is 8.20. The zero-order valence-corrected chi connectivity index (χ0v) is 23.3. The van der Waals surface area contributed by atoms with Crippen LogP contribution in [0.4, 0.5) is 17.5 Å². The second kappa shape index (κ2) is 9.70. The molecule has 2 aromatic rings. The maximum atomic E-state index is 13.0. The maximum Gasteiger partial charge on any atom is 0.227 e.